The van der Waals surface area contributed by atoms with Crippen molar-refractivity contribution >= 4 is 16.9 Å². The Kier molecular flexibility index (Phi) is 5.83. The van der Waals surface area contributed by atoms with Gasteiger partial charge in [-0.3, -0.25) is 9.59 Å². The number of hydrogen-bond acceptors (Lipinski definition) is 7. The summed E-state index contributed by atoms with van der Waals surface area (Å²) in [6.45, 7) is 5.40. The van der Waals surface area contributed by atoms with E-state index in [-0.39, 0.29) is 23.0 Å². The molecule has 1 fully saturated rings. The molecule has 0 bridgehead atoms. The van der Waals surface area contributed by atoms with E-state index in [4.69, 9.17) is 9.47 Å². The molecule has 1 unspecified atom stereocenters. The summed E-state index contributed by atoms with van der Waals surface area (Å²) in [6, 6.07) is 6.89. The number of amides is 1. The van der Waals surface area contributed by atoms with E-state index in [9.17, 15) is 9.59 Å². The molecule has 1 atom stereocenters. The topological polar surface area (TPSA) is 99.4 Å². The van der Waals surface area contributed by atoms with E-state index in [1.165, 1.54) is 7.11 Å². The SMILES string of the molecule is CCn1cc(C(=O)N2CCCC(Oc3ccc(OC)nn3)C2)c(=O)c2ccc(C)nc21. The third-order valence-corrected chi connectivity index (χ3v) is 5.41. The summed E-state index contributed by atoms with van der Waals surface area (Å²) >= 11 is 0. The first kappa shape index (κ1) is 20.8. The van der Waals surface area contributed by atoms with Crippen LogP contribution >= 0.6 is 0 Å². The van der Waals surface area contributed by atoms with Gasteiger partial charge in [-0.05, 0) is 38.8 Å². The molecule has 3 aromatic heterocycles. The van der Waals surface area contributed by atoms with Crippen LogP contribution in [0.25, 0.3) is 11.0 Å². The highest BCUT2D eigenvalue weighted by Crippen LogP contribution is 2.19. The van der Waals surface area contributed by atoms with Crippen LogP contribution in [0.15, 0.2) is 35.3 Å². The number of methoxy groups -OCH3 is 1. The standard InChI is InChI=1S/C22H25N5O4/c1-4-26-13-17(20(28)16-8-7-14(2)23-21(16)26)22(29)27-11-5-6-15(12-27)31-19-10-9-18(30-3)24-25-19/h7-10,13,15H,4-6,11-12H2,1-3H3. The van der Waals surface area contributed by atoms with E-state index in [0.29, 0.717) is 42.4 Å². The number of fused-ring (bicyclic) bond motifs is 1. The van der Waals surface area contributed by atoms with Crippen molar-refractivity contribution in [2.45, 2.75) is 39.3 Å². The summed E-state index contributed by atoms with van der Waals surface area (Å²) in [5.41, 5.74) is 1.29. The lowest BCUT2D eigenvalue weighted by molar-refractivity contribution is 0.0523. The Morgan fingerprint density at radius 3 is 2.68 bits per heavy atom. The number of nitrogens with zero attached hydrogens (tertiary/aromatic N) is 5. The van der Waals surface area contributed by atoms with E-state index in [2.05, 4.69) is 15.2 Å². The molecule has 1 saturated heterocycles. The number of likely N-dealkylation sites (tertiary alicyclic amines) is 1. The van der Waals surface area contributed by atoms with Crippen LogP contribution in [0, 0.1) is 6.92 Å². The molecule has 0 saturated carbocycles. The lowest BCUT2D eigenvalue weighted by Gasteiger charge is -2.32. The van der Waals surface area contributed by atoms with Gasteiger partial charge in [0.05, 0.1) is 19.0 Å². The predicted octanol–water partition coefficient (Wildman–Crippen LogP) is 2.21. The fraction of sp³-hybridized carbons (Fsp3) is 0.409. The molecular formula is C22H25N5O4. The van der Waals surface area contributed by atoms with Gasteiger partial charge in [0, 0.05) is 37.1 Å². The minimum Gasteiger partial charge on any atom is -0.480 e. The van der Waals surface area contributed by atoms with Crippen LogP contribution in [0.2, 0.25) is 0 Å². The van der Waals surface area contributed by atoms with Crippen molar-refractivity contribution in [1.29, 1.82) is 0 Å². The van der Waals surface area contributed by atoms with Gasteiger partial charge in [-0.2, -0.15) is 0 Å². The van der Waals surface area contributed by atoms with Gasteiger partial charge in [-0.1, -0.05) is 0 Å². The number of hydrogen-bond donors (Lipinski definition) is 0. The molecule has 1 aliphatic rings. The van der Waals surface area contributed by atoms with Gasteiger partial charge in [0.2, 0.25) is 17.2 Å². The summed E-state index contributed by atoms with van der Waals surface area (Å²) in [5.74, 6) is 0.491. The normalized spacial score (nSPS) is 16.4. The van der Waals surface area contributed by atoms with Gasteiger partial charge >= 0.3 is 0 Å². The summed E-state index contributed by atoms with van der Waals surface area (Å²) in [5, 5.41) is 8.35. The maximum Gasteiger partial charge on any atom is 0.259 e. The fourth-order valence-corrected chi connectivity index (χ4v) is 3.79. The zero-order valence-corrected chi connectivity index (χ0v) is 17.9. The quantitative estimate of drug-likeness (QED) is 0.620. The fourth-order valence-electron chi connectivity index (χ4n) is 3.79. The lowest BCUT2D eigenvalue weighted by atomic mass is 10.1. The Morgan fingerprint density at radius 1 is 1.19 bits per heavy atom. The van der Waals surface area contributed by atoms with Crippen LogP contribution in [0.5, 0.6) is 11.8 Å². The Balaban J connectivity index is 1.57. The molecule has 0 aromatic carbocycles. The molecule has 4 heterocycles. The Hall–Kier alpha value is -3.49. The third kappa shape index (κ3) is 4.21. The van der Waals surface area contributed by atoms with E-state index in [1.807, 2.05) is 18.4 Å². The van der Waals surface area contributed by atoms with Gasteiger partial charge in [0.1, 0.15) is 17.3 Å². The second-order valence-electron chi connectivity index (χ2n) is 7.53. The van der Waals surface area contributed by atoms with Crippen molar-refractivity contribution in [3.63, 3.8) is 0 Å². The van der Waals surface area contributed by atoms with Crippen LogP contribution in [0.4, 0.5) is 0 Å². The molecule has 0 spiro atoms. The third-order valence-electron chi connectivity index (χ3n) is 5.41. The van der Waals surface area contributed by atoms with Gasteiger partial charge in [0.15, 0.2) is 0 Å². The smallest absolute Gasteiger partial charge is 0.259 e. The minimum absolute atomic E-state index is 0.157. The minimum atomic E-state index is -0.290. The average Bonchev–Trinajstić information content (AvgIpc) is 2.79. The molecule has 0 radical (unpaired) electrons. The molecule has 0 aliphatic carbocycles. The van der Waals surface area contributed by atoms with Crippen molar-refractivity contribution in [3.8, 4) is 11.8 Å². The molecule has 9 heteroatoms. The van der Waals surface area contributed by atoms with E-state index in [1.54, 1.807) is 35.4 Å². The molecule has 162 valence electrons. The van der Waals surface area contributed by atoms with E-state index >= 15 is 0 Å². The summed E-state index contributed by atoms with van der Waals surface area (Å²) in [4.78, 5) is 32.5. The second-order valence-corrected chi connectivity index (χ2v) is 7.53. The molecule has 4 rings (SSSR count). The second kappa shape index (κ2) is 8.71. The van der Waals surface area contributed by atoms with Gasteiger partial charge in [0.25, 0.3) is 5.91 Å². The molecule has 3 aromatic rings. The largest absolute Gasteiger partial charge is 0.480 e. The van der Waals surface area contributed by atoms with Crippen molar-refractivity contribution < 1.29 is 14.3 Å². The van der Waals surface area contributed by atoms with Crippen LogP contribution in [-0.2, 0) is 6.54 Å². The van der Waals surface area contributed by atoms with Crippen molar-refractivity contribution in [2.75, 3.05) is 20.2 Å². The number of aromatic nitrogens is 4. The highest BCUT2D eigenvalue weighted by atomic mass is 16.5. The monoisotopic (exact) mass is 423 g/mol. The molecular weight excluding hydrogens is 398 g/mol. The van der Waals surface area contributed by atoms with Crippen molar-refractivity contribution in [1.82, 2.24) is 24.6 Å². The zero-order chi connectivity index (χ0) is 22.0. The van der Waals surface area contributed by atoms with Crippen LogP contribution in [-0.4, -0.2) is 56.9 Å². The first-order chi connectivity index (χ1) is 15.0. The molecule has 1 amide bonds. The highest BCUT2D eigenvalue weighted by molar-refractivity contribution is 5.97. The molecule has 1 aliphatic heterocycles. The number of carbonyl (C=O) groups excluding carboxylic acids is 1. The lowest BCUT2D eigenvalue weighted by Crippen LogP contribution is -2.45. The summed E-state index contributed by atoms with van der Waals surface area (Å²) in [7, 11) is 1.52. The number of carbonyl (C=O) groups is 1. The number of piperidine rings is 1. The molecule has 0 N–H and O–H groups in total. The predicted molar refractivity (Wildman–Crippen MR) is 115 cm³/mol. The maximum atomic E-state index is 13.3. The van der Waals surface area contributed by atoms with Crippen LogP contribution in [0.1, 0.15) is 35.8 Å². The van der Waals surface area contributed by atoms with Gasteiger partial charge in [-0.15, -0.1) is 10.2 Å². The maximum absolute atomic E-state index is 13.3. The van der Waals surface area contributed by atoms with Gasteiger partial charge < -0.3 is 18.9 Å². The van der Waals surface area contributed by atoms with Crippen LogP contribution < -0.4 is 14.9 Å². The Morgan fingerprint density at radius 2 is 1.97 bits per heavy atom. The van der Waals surface area contributed by atoms with Gasteiger partial charge in [-0.25, -0.2) is 4.98 Å². The van der Waals surface area contributed by atoms with E-state index in [0.717, 1.165) is 18.5 Å². The number of pyridine rings is 2. The average molecular weight is 423 g/mol. The highest BCUT2D eigenvalue weighted by Gasteiger charge is 2.28. The van der Waals surface area contributed by atoms with E-state index < -0.39 is 0 Å². The first-order valence-electron chi connectivity index (χ1n) is 10.3. The first-order valence-corrected chi connectivity index (χ1v) is 10.3. The number of ether oxygens (including phenoxy) is 2. The van der Waals surface area contributed by atoms with Crippen molar-refractivity contribution in [2.24, 2.45) is 0 Å². The molecule has 9 nitrogen and oxygen atoms in total. The Bertz CT molecular complexity index is 1160. The zero-order valence-electron chi connectivity index (χ0n) is 17.9. The van der Waals surface area contributed by atoms with Crippen LogP contribution in [0.3, 0.4) is 0 Å². The number of aryl methyl sites for hydroxylation is 2. The van der Waals surface area contributed by atoms with Crippen molar-refractivity contribution in [3.05, 3.63) is 51.9 Å². The Labute approximate surface area is 179 Å². The molecule has 31 heavy (non-hydrogen) atoms. The summed E-state index contributed by atoms with van der Waals surface area (Å²) in [6.07, 6.45) is 2.96. The number of rotatable bonds is 5. The summed E-state index contributed by atoms with van der Waals surface area (Å²) < 4.78 is 12.8.